The number of nitrogens with one attached hydrogen (secondary N) is 1. The largest absolute Gasteiger partial charge is 0.397 e. The molecule has 18 heavy (non-hydrogen) atoms. The second kappa shape index (κ2) is 6.56. The third kappa shape index (κ3) is 3.85. The molecule has 0 spiro atoms. The fourth-order valence-corrected chi connectivity index (χ4v) is 2.03. The number of rotatable bonds is 5. The van der Waals surface area contributed by atoms with Crippen LogP contribution in [0.3, 0.4) is 0 Å². The molecule has 1 fully saturated rings. The normalized spacial score (nSPS) is 16.7. The molecule has 1 saturated heterocycles. The van der Waals surface area contributed by atoms with E-state index in [2.05, 4.69) is 10.2 Å². The lowest BCUT2D eigenvalue weighted by atomic mass is 10.2. The van der Waals surface area contributed by atoms with E-state index in [4.69, 9.17) is 10.5 Å². The van der Waals surface area contributed by atoms with Gasteiger partial charge in [0.1, 0.15) is 5.82 Å². The number of nitrogens with zero attached hydrogens (tertiary/aromatic N) is 1. The molecule has 3 N–H and O–H groups in total. The molecular formula is C13H20FN3O. The minimum Gasteiger partial charge on any atom is -0.397 e. The molecule has 0 saturated carbocycles. The van der Waals surface area contributed by atoms with Gasteiger partial charge in [0.2, 0.25) is 0 Å². The summed E-state index contributed by atoms with van der Waals surface area (Å²) in [5.41, 5.74) is 7.02. The van der Waals surface area contributed by atoms with Crippen LogP contribution in [0.5, 0.6) is 0 Å². The van der Waals surface area contributed by atoms with Crippen LogP contribution in [-0.4, -0.2) is 44.3 Å². The summed E-state index contributed by atoms with van der Waals surface area (Å²) >= 11 is 0. The molecule has 0 aliphatic carbocycles. The number of hydrogen-bond acceptors (Lipinski definition) is 4. The van der Waals surface area contributed by atoms with Gasteiger partial charge in [0.15, 0.2) is 0 Å². The zero-order chi connectivity index (χ0) is 12.8. The molecule has 2 rings (SSSR count). The first-order valence-corrected chi connectivity index (χ1v) is 6.35. The molecule has 1 aromatic carbocycles. The van der Waals surface area contributed by atoms with Gasteiger partial charge in [-0.25, -0.2) is 4.39 Å². The van der Waals surface area contributed by atoms with Gasteiger partial charge in [-0.05, 0) is 31.2 Å². The Morgan fingerprint density at radius 2 is 2.11 bits per heavy atom. The van der Waals surface area contributed by atoms with Crippen molar-refractivity contribution in [2.75, 3.05) is 50.4 Å². The molecule has 0 atom stereocenters. The third-order valence-electron chi connectivity index (χ3n) is 3.09. The summed E-state index contributed by atoms with van der Waals surface area (Å²) in [4.78, 5) is 2.38. The molecule has 5 heteroatoms. The van der Waals surface area contributed by atoms with Crippen molar-refractivity contribution in [1.82, 2.24) is 4.90 Å². The minimum atomic E-state index is -0.264. The van der Waals surface area contributed by atoms with Crippen LogP contribution in [0.4, 0.5) is 15.8 Å². The lowest BCUT2D eigenvalue weighted by molar-refractivity contribution is 0.0378. The number of hydrogen-bond donors (Lipinski definition) is 2. The van der Waals surface area contributed by atoms with Gasteiger partial charge in [-0.15, -0.1) is 0 Å². The van der Waals surface area contributed by atoms with Gasteiger partial charge in [0, 0.05) is 19.6 Å². The predicted octanol–water partition coefficient (Wildman–Crippen LogP) is 1.54. The number of halogens is 1. The van der Waals surface area contributed by atoms with E-state index in [1.807, 2.05) is 0 Å². The summed E-state index contributed by atoms with van der Waals surface area (Å²) < 4.78 is 18.3. The van der Waals surface area contributed by atoms with E-state index >= 15 is 0 Å². The number of ether oxygens (including phenoxy) is 1. The monoisotopic (exact) mass is 253 g/mol. The lowest BCUT2D eigenvalue weighted by Gasteiger charge is -2.26. The van der Waals surface area contributed by atoms with Gasteiger partial charge in [-0.3, -0.25) is 4.90 Å². The van der Waals surface area contributed by atoms with Crippen LogP contribution in [0.15, 0.2) is 18.2 Å². The molecule has 0 amide bonds. The Morgan fingerprint density at radius 1 is 1.33 bits per heavy atom. The van der Waals surface area contributed by atoms with Crippen molar-refractivity contribution >= 4 is 11.4 Å². The SMILES string of the molecule is Nc1ccc(F)cc1NCCCN1CCOCC1. The van der Waals surface area contributed by atoms with Gasteiger partial charge in [-0.2, -0.15) is 0 Å². The first kappa shape index (κ1) is 13.1. The van der Waals surface area contributed by atoms with Crippen molar-refractivity contribution in [3.8, 4) is 0 Å². The molecule has 0 radical (unpaired) electrons. The molecular weight excluding hydrogens is 233 g/mol. The smallest absolute Gasteiger partial charge is 0.125 e. The Morgan fingerprint density at radius 3 is 2.89 bits per heavy atom. The highest BCUT2D eigenvalue weighted by molar-refractivity contribution is 5.65. The Kier molecular flexibility index (Phi) is 4.78. The summed E-state index contributed by atoms with van der Waals surface area (Å²) in [6.45, 7) is 5.48. The van der Waals surface area contributed by atoms with E-state index in [0.29, 0.717) is 11.4 Å². The lowest BCUT2D eigenvalue weighted by Crippen LogP contribution is -2.37. The van der Waals surface area contributed by atoms with E-state index in [1.54, 1.807) is 6.07 Å². The van der Waals surface area contributed by atoms with Crippen LogP contribution < -0.4 is 11.1 Å². The molecule has 0 unspecified atom stereocenters. The fourth-order valence-electron chi connectivity index (χ4n) is 2.03. The average molecular weight is 253 g/mol. The number of benzene rings is 1. The van der Waals surface area contributed by atoms with Crippen molar-refractivity contribution in [2.45, 2.75) is 6.42 Å². The Bertz CT molecular complexity index is 380. The highest BCUT2D eigenvalue weighted by Crippen LogP contribution is 2.18. The van der Waals surface area contributed by atoms with Crippen molar-refractivity contribution in [1.29, 1.82) is 0 Å². The van der Waals surface area contributed by atoms with Gasteiger partial charge in [-0.1, -0.05) is 0 Å². The summed E-state index contributed by atoms with van der Waals surface area (Å²) in [5, 5.41) is 3.17. The van der Waals surface area contributed by atoms with E-state index in [1.165, 1.54) is 12.1 Å². The van der Waals surface area contributed by atoms with Gasteiger partial charge in [0.25, 0.3) is 0 Å². The maximum absolute atomic E-state index is 13.0. The molecule has 100 valence electrons. The van der Waals surface area contributed by atoms with Crippen molar-refractivity contribution in [2.24, 2.45) is 0 Å². The standard InChI is InChI=1S/C13H20FN3O/c14-11-2-3-12(15)13(10-11)16-4-1-5-17-6-8-18-9-7-17/h2-3,10,16H,1,4-9,15H2. The van der Waals surface area contributed by atoms with Crippen LogP contribution >= 0.6 is 0 Å². The summed E-state index contributed by atoms with van der Waals surface area (Å²) in [6, 6.07) is 4.39. The van der Waals surface area contributed by atoms with Crippen LogP contribution in [0.2, 0.25) is 0 Å². The van der Waals surface area contributed by atoms with Crippen LogP contribution in [0, 0.1) is 5.82 Å². The molecule has 0 bridgehead atoms. The zero-order valence-corrected chi connectivity index (χ0v) is 10.5. The maximum Gasteiger partial charge on any atom is 0.125 e. The van der Waals surface area contributed by atoms with Crippen LogP contribution in [0.1, 0.15) is 6.42 Å². The Balaban J connectivity index is 1.69. The number of anilines is 2. The summed E-state index contributed by atoms with van der Waals surface area (Å²) in [5.74, 6) is -0.264. The maximum atomic E-state index is 13.0. The van der Waals surface area contributed by atoms with Crippen LogP contribution in [-0.2, 0) is 4.74 Å². The molecule has 0 aromatic heterocycles. The van der Waals surface area contributed by atoms with Crippen LogP contribution in [0.25, 0.3) is 0 Å². The first-order chi connectivity index (χ1) is 8.75. The Hall–Kier alpha value is -1.33. The molecule has 1 aliphatic heterocycles. The highest BCUT2D eigenvalue weighted by Gasteiger charge is 2.09. The molecule has 1 aromatic rings. The topological polar surface area (TPSA) is 50.5 Å². The van der Waals surface area contributed by atoms with Crippen molar-refractivity contribution < 1.29 is 9.13 Å². The quantitative estimate of drug-likeness (QED) is 0.617. The number of morpholine rings is 1. The Labute approximate surface area is 107 Å². The zero-order valence-electron chi connectivity index (χ0n) is 10.5. The average Bonchev–Trinajstić information content (AvgIpc) is 2.40. The van der Waals surface area contributed by atoms with Gasteiger partial charge >= 0.3 is 0 Å². The molecule has 1 heterocycles. The second-order valence-corrected chi connectivity index (χ2v) is 4.47. The summed E-state index contributed by atoms with van der Waals surface area (Å²) in [6.07, 6.45) is 1.01. The molecule has 4 nitrogen and oxygen atoms in total. The molecule has 1 aliphatic rings. The number of nitrogens with two attached hydrogens (primary N) is 1. The minimum absolute atomic E-state index is 0.264. The number of nitrogen functional groups attached to an aromatic ring is 1. The fraction of sp³-hybridized carbons (Fsp3) is 0.538. The van der Waals surface area contributed by atoms with Crippen molar-refractivity contribution in [3.05, 3.63) is 24.0 Å². The highest BCUT2D eigenvalue weighted by atomic mass is 19.1. The van der Waals surface area contributed by atoms with E-state index < -0.39 is 0 Å². The van der Waals surface area contributed by atoms with E-state index in [0.717, 1.165) is 45.8 Å². The van der Waals surface area contributed by atoms with Gasteiger partial charge in [0.05, 0.1) is 24.6 Å². The first-order valence-electron chi connectivity index (χ1n) is 6.35. The van der Waals surface area contributed by atoms with Crippen molar-refractivity contribution in [3.63, 3.8) is 0 Å². The van der Waals surface area contributed by atoms with Gasteiger partial charge < -0.3 is 15.8 Å². The predicted molar refractivity (Wildman–Crippen MR) is 71.2 cm³/mol. The third-order valence-corrected chi connectivity index (χ3v) is 3.09. The van der Waals surface area contributed by atoms with E-state index in [9.17, 15) is 4.39 Å². The second-order valence-electron chi connectivity index (χ2n) is 4.47. The van der Waals surface area contributed by atoms with E-state index in [-0.39, 0.29) is 5.82 Å². The summed E-state index contributed by atoms with van der Waals surface area (Å²) in [7, 11) is 0.